The Kier molecular flexibility index (Phi) is 6.57. The first-order valence-electron chi connectivity index (χ1n) is 13.0. The molecule has 6 aromatic carbocycles. The zero-order valence-corrected chi connectivity index (χ0v) is 21.5. The van der Waals surface area contributed by atoms with Gasteiger partial charge in [-0.1, -0.05) is 140 Å². The standard InChI is InChI=1S/C37H29N/c1-38(37-20-12-11-19-35(37)30-15-7-3-8-16-30)33-25-26-34(36(27-33)31-17-9-4-10-18-31)32-23-21-29(22-24-32)28-13-5-2-6-14-28/h2-27H,1H3. The molecule has 0 spiro atoms. The van der Waals surface area contributed by atoms with Gasteiger partial charge in [0.05, 0.1) is 0 Å². The van der Waals surface area contributed by atoms with E-state index in [4.69, 9.17) is 0 Å². The molecule has 38 heavy (non-hydrogen) atoms. The molecular formula is C37H29N. The highest BCUT2D eigenvalue weighted by Crippen LogP contribution is 2.39. The molecule has 0 heterocycles. The van der Waals surface area contributed by atoms with Gasteiger partial charge in [0.15, 0.2) is 0 Å². The van der Waals surface area contributed by atoms with Crippen molar-refractivity contribution in [1.82, 2.24) is 0 Å². The van der Waals surface area contributed by atoms with Crippen molar-refractivity contribution in [3.63, 3.8) is 0 Å². The molecule has 182 valence electrons. The van der Waals surface area contributed by atoms with Crippen LogP contribution in [0.2, 0.25) is 0 Å². The second-order valence-electron chi connectivity index (χ2n) is 9.48. The summed E-state index contributed by atoms with van der Waals surface area (Å²) >= 11 is 0. The SMILES string of the molecule is CN(c1ccc(-c2ccc(-c3ccccc3)cc2)c(-c2ccccc2)c1)c1ccccc1-c1ccccc1. The highest BCUT2D eigenvalue weighted by atomic mass is 15.1. The molecule has 0 fully saturated rings. The molecule has 1 heteroatoms. The quantitative estimate of drug-likeness (QED) is 0.226. The third-order valence-electron chi connectivity index (χ3n) is 7.13. The van der Waals surface area contributed by atoms with Crippen molar-refractivity contribution in [3.8, 4) is 44.5 Å². The van der Waals surface area contributed by atoms with E-state index in [1.165, 1.54) is 50.2 Å². The van der Waals surface area contributed by atoms with Crippen molar-refractivity contribution < 1.29 is 0 Å². The third kappa shape index (κ3) is 4.75. The van der Waals surface area contributed by atoms with Gasteiger partial charge in [-0.25, -0.2) is 0 Å². The Balaban J connectivity index is 1.42. The molecule has 0 amide bonds. The summed E-state index contributed by atoms with van der Waals surface area (Å²) in [4.78, 5) is 2.29. The number of benzene rings is 6. The van der Waals surface area contributed by atoms with Crippen LogP contribution >= 0.6 is 0 Å². The molecule has 0 atom stereocenters. The molecule has 6 rings (SSSR count). The van der Waals surface area contributed by atoms with Gasteiger partial charge in [0.1, 0.15) is 0 Å². The minimum absolute atomic E-state index is 1.15. The number of hydrogen-bond donors (Lipinski definition) is 0. The lowest BCUT2D eigenvalue weighted by molar-refractivity contribution is 1.21. The van der Waals surface area contributed by atoms with Crippen LogP contribution in [0, 0.1) is 0 Å². The fourth-order valence-electron chi connectivity index (χ4n) is 5.09. The Hall–Kier alpha value is -4.88. The van der Waals surface area contributed by atoms with E-state index in [2.05, 4.69) is 170 Å². The average Bonchev–Trinajstić information content (AvgIpc) is 3.02. The van der Waals surface area contributed by atoms with Crippen LogP contribution in [0.4, 0.5) is 11.4 Å². The van der Waals surface area contributed by atoms with Gasteiger partial charge in [0.2, 0.25) is 0 Å². The summed E-state index contributed by atoms with van der Waals surface area (Å²) in [5, 5.41) is 0. The molecule has 0 saturated heterocycles. The van der Waals surface area contributed by atoms with Crippen molar-refractivity contribution >= 4 is 11.4 Å². The Bertz CT molecular complexity index is 1640. The van der Waals surface area contributed by atoms with Crippen molar-refractivity contribution in [2.45, 2.75) is 0 Å². The maximum Gasteiger partial charge on any atom is 0.0487 e. The fraction of sp³-hybridized carbons (Fsp3) is 0.0270. The van der Waals surface area contributed by atoms with E-state index < -0.39 is 0 Å². The van der Waals surface area contributed by atoms with E-state index in [1.54, 1.807) is 0 Å². The number of anilines is 2. The Morgan fingerprint density at radius 3 is 1.42 bits per heavy atom. The first-order valence-corrected chi connectivity index (χ1v) is 13.0. The molecule has 0 aromatic heterocycles. The summed E-state index contributed by atoms with van der Waals surface area (Å²) in [5.41, 5.74) is 12.1. The monoisotopic (exact) mass is 487 g/mol. The molecular weight excluding hydrogens is 458 g/mol. The zero-order chi connectivity index (χ0) is 25.7. The van der Waals surface area contributed by atoms with Crippen molar-refractivity contribution in [2.24, 2.45) is 0 Å². The molecule has 0 unspecified atom stereocenters. The highest BCUT2D eigenvalue weighted by Gasteiger charge is 2.14. The van der Waals surface area contributed by atoms with E-state index in [-0.39, 0.29) is 0 Å². The normalized spacial score (nSPS) is 10.8. The fourth-order valence-corrected chi connectivity index (χ4v) is 5.09. The van der Waals surface area contributed by atoms with Crippen molar-refractivity contribution in [3.05, 3.63) is 158 Å². The third-order valence-corrected chi connectivity index (χ3v) is 7.13. The minimum atomic E-state index is 1.15. The van der Waals surface area contributed by atoms with Gasteiger partial charge in [-0.2, -0.15) is 0 Å². The van der Waals surface area contributed by atoms with Gasteiger partial charge in [-0.3, -0.25) is 0 Å². The summed E-state index contributed by atoms with van der Waals surface area (Å²) < 4.78 is 0. The van der Waals surface area contributed by atoms with Crippen LogP contribution in [0.25, 0.3) is 44.5 Å². The number of para-hydroxylation sites is 1. The largest absolute Gasteiger partial charge is 0.344 e. The van der Waals surface area contributed by atoms with Gasteiger partial charge >= 0.3 is 0 Å². The molecule has 0 aliphatic rings. The van der Waals surface area contributed by atoms with Crippen LogP contribution < -0.4 is 4.90 Å². The highest BCUT2D eigenvalue weighted by molar-refractivity contribution is 5.89. The van der Waals surface area contributed by atoms with Crippen molar-refractivity contribution in [2.75, 3.05) is 11.9 Å². The summed E-state index contributed by atoms with van der Waals surface area (Å²) in [6.07, 6.45) is 0. The lowest BCUT2D eigenvalue weighted by atomic mass is 9.92. The van der Waals surface area contributed by atoms with E-state index >= 15 is 0 Å². The first-order chi connectivity index (χ1) is 18.8. The molecule has 1 nitrogen and oxygen atoms in total. The molecule has 0 bridgehead atoms. The predicted octanol–water partition coefficient (Wildman–Crippen LogP) is 10.1. The predicted molar refractivity (Wildman–Crippen MR) is 163 cm³/mol. The van der Waals surface area contributed by atoms with Gasteiger partial charge < -0.3 is 4.90 Å². The van der Waals surface area contributed by atoms with Crippen LogP contribution in [-0.2, 0) is 0 Å². The summed E-state index contributed by atoms with van der Waals surface area (Å²) in [6.45, 7) is 0. The van der Waals surface area contributed by atoms with Gasteiger partial charge in [-0.05, 0) is 57.1 Å². The van der Waals surface area contributed by atoms with Crippen LogP contribution in [0.5, 0.6) is 0 Å². The van der Waals surface area contributed by atoms with Gasteiger partial charge in [0, 0.05) is 24.0 Å². The minimum Gasteiger partial charge on any atom is -0.344 e. The smallest absolute Gasteiger partial charge is 0.0487 e. The van der Waals surface area contributed by atoms with Gasteiger partial charge in [-0.15, -0.1) is 0 Å². The molecule has 0 aliphatic heterocycles. The van der Waals surface area contributed by atoms with Crippen LogP contribution in [0.3, 0.4) is 0 Å². The van der Waals surface area contributed by atoms with Crippen molar-refractivity contribution in [1.29, 1.82) is 0 Å². The number of hydrogen-bond acceptors (Lipinski definition) is 1. The average molecular weight is 488 g/mol. The van der Waals surface area contributed by atoms with Gasteiger partial charge in [0.25, 0.3) is 0 Å². The maximum absolute atomic E-state index is 2.32. The second-order valence-corrected chi connectivity index (χ2v) is 9.48. The molecule has 0 saturated carbocycles. The summed E-state index contributed by atoms with van der Waals surface area (Å²) in [7, 11) is 2.15. The maximum atomic E-state index is 2.32. The lowest BCUT2D eigenvalue weighted by Gasteiger charge is -2.24. The van der Waals surface area contributed by atoms with E-state index in [1.807, 2.05) is 0 Å². The molecule has 0 aliphatic carbocycles. The summed E-state index contributed by atoms with van der Waals surface area (Å²) in [5.74, 6) is 0. The Labute approximate surface area is 225 Å². The topological polar surface area (TPSA) is 3.24 Å². The lowest BCUT2D eigenvalue weighted by Crippen LogP contribution is -2.11. The Morgan fingerprint density at radius 2 is 0.789 bits per heavy atom. The van der Waals surface area contributed by atoms with Crippen LogP contribution in [0.1, 0.15) is 0 Å². The Morgan fingerprint density at radius 1 is 0.342 bits per heavy atom. The molecule has 6 aromatic rings. The van der Waals surface area contributed by atoms with Crippen LogP contribution in [0.15, 0.2) is 158 Å². The number of rotatable bonds is 6. The molecule has 0 N–H and O–H groups in total. The zero-order valence-electron chi connectivity index (χ0n) is 21.5. The van der Waals surface area contributed by atoms with E-state index in [9.17, 15) is 0 Å². The van der Waals surface area contributed by atoms with E-state index in [0.29, 0.717) is 0 Å². The second kappa shape index (κ2) is 10.6. The van der Waals surface area contributed by atoms with Crippen LogP contribution in [-0.4, -0.2) is 7.05 Å². The first kappa shape index (κ1) is 23.5. The summed E-state index contributed by atoms with van der Waals surface area (Å²) in [6, 6.07) is 56.1. The molecule has 0 radical (unpaired) electrons. The van der Waals surface area contributed by atoms with E-state index in [0.717, 1.165) is 5.69 Å². The number of nitrogens with zero attached hydrogens (tertiary/aromatic N) is 1.